The van der Waals surface area contributed by atoms with Crippen LogP contribution in [0.3, 0.4) is 0 Å². The molecule has 28 heavy (non-hydrogen) atoms. The minimum atomic E-state index is -2.74. The van der Waals surface area contributed by atoms with Crippen LogP contribution in [0.5, 0.6) is 5.75 Å². The summed E-state index contributed by atoms with van der Waals surface area (Å²) in [6, 6.07) is 5.17. The third-order valence-electron chi connectivity index (χ3n) is 2.76. The van der Waals surface area contributed by atoms with Crippen LogP contribution in [0.25, 0.3) is 0 Å². The number of hydrogen-bond donors (Lipinski definition) is 0. The molecule has 4 heteroatoms. The summed E-state index contributed by atoms with van der Waals surface area (Å²) in [6.45, 7) is 23.1. The zero-order valence-corrected chi connectivity index (χ0v) is 19.3. The number of benzene rings is 1. The number of ether oxygens (including phenoxy) is 2. The van der Waals surface area contributed by atoms with E-state index in [-0.39, 0.29) is 11.4 Å². The van der Waals surface area contributed by atoms with Crippen molar-refractivity contribution in [2.45, 2.75) is 87.4 Å². The molecule has 162 valence electrons. The highest BCUT2D eigenvalue weighted by Crippen LogP contribution is 2.24. The molecular weight excluding hydrogens is 358 g/mol. The van der Waals surface area contributed by atoms with E-state index in [9.17, 15) is 8.78 Å². The first kappa shape index (κ1) is 28.4. The highest BCUT2D eigenvalue weighted by molar-refractivity contribution is 5.39. The lowest BCUT2D eigenvalue weighted by atomic mass is 10.0. The van der Waals surface area contributed by atoms with Gasteiger partial charge in [-0.1, -0.05) is 59.4 Å². The second-order valence-corrected chi connectivity index (χ2v) is 9.03. The van der Waals surface area contributed by atoms with Gasteiger partial charge >= 0.3 is 6.61 Å². The minimum absolute atomic E-state index is 0.125. The summed E-state index contributed by atoms with van der Waals surface area (Å²) in [5.74, 6) is 1.07. The molecule has 0 bridgehead atoms. The Morgan fingerprint density at radius 3 is 1.96 bits per heavy atom. The van der Waals surface area contributed by atoms with Crippen molar-refractivity contribution in [3.8, 4) is 5.75 Å². The zero-order chi connectivity index (χ0) is 22.5. The van der Waals surface area contributed by atoms with E-state index in [0.29, 0.717) is 11.8 Å². The normalized spacial score (nSPS) is 10.9. The van der Waals surface area contributed by atoms with E-state index in [0.717, 1.165) is 23.3 Å². The lowest BCUT2D eigenvalue weighted by molar-refractivity contribution is -0.0504. The van der Waals surface area contributed by atoms with Gasteiger partial charge in [-0.25, -0.2) is 0 Å². The molecule has 0 heterocycles. The van der Waals surface area contributed by atoms with Gasteiger partial charge in [0.1, 0.15) is 11.4 Å². The van der Waals surface area contributed by atoms with Crippen molar-refractivity contribution in [1.29, 1.82) is 0 Å². The summed E-state index contributed by atoms with van der Waals surface area (Å²) < 4.78 is 33.7. The van der Waals surface area contributed by atoms with Gasteiger partial charge in [-0.15, -0.1) is 6.58 Å². The van der Waals surface area contributed by atoms with Gasteiger partial charge in [-0.2, -0.15) is 8.78 Å². The van der Waals surface area contributed by atoms with Crippen LogP contribution in [0.2, 0.25) is 0 Å². The van der Waals surface area contributed by atoms with E-state index in [2.05, 4.69) is 45.6 Å². The van der Waals surface area contributed by atoms with Gasteiger partial charge in [0.25, 0.3) is 0 Å². The fourth-order valence-electron chi connectivity index (χ4n) is 1.97. The Morgan fingerprint density at radius 2 is 1.61 bits per heavy atom. The Bertz CT molecular complexity index is 573. The van der Waals surface area contributed by atoms with E-state index < -0.39 is 6.61 Å². The first-order valence-corrected chi connectivity index (χ1v) is 9.61. The highest BCUT2D eigenvalue weighted by Gasteiger charge is 2.11. The second kappa shape index (κ2) is 13.4. The van der Waals surface area contributed by atoms with Crippen LogP contribution in [-0.4, -0.2) is 12.2 Å². The summed E-state index contributed by atoms with van der Waals surface area (Å²) >= 11 is 0. The molecule has 0 unspecified atom stereocenters. The smallest absolute Gasteiger partial charge is 0.387 e. The van der Waals surface area contributed by atoms with Crippen molar-refractivity contribution < 1.29 is 18.3 Å². The predicted molar refractivity (Wildman–Crippen MR) is 117 cm³/mol. The lowest BCUT2D eigenvalue weighted by Crippen LogP contribution is -2.18. The van der Waals surface area contributed by atoms with Crippen LogP contribution in [0.1, 0.15) is 72.9 Å². The molecule has 0 saturated heterocycles. The molecule has 0 N–H and O–H groups in total. The summed E-state index contributed by atoms with van der Waals surface area (Å²) in [7, 11) is 0. The number of halogens is 2. The number of hydrogen-bond acceptors (Lipinski definition) is 2. The molecule has 0 fully saturated rings. The van der Waals surface area contributed by atoms with Crippen LogP contribution in [0, 0.1) is 12.3 Å². The summed E-state index contributed by atoms with van der Waals surface area (Å²) in [5.41, 5.74) is 2.21. The van der Waals surface area contributed by atoms with Crippen molar-refractivity contribution in [1.82, 2.24) is 0 Å². The van der Waals surface area contributed by atoms with Crippen LogP contribution in [0.15, 0.2) is 43.2 Å². The first-order chi connectivity index (χ1) is 12.6. The van der Waals surface area contributed by atoms with Crippen molar-refractivity contribution in [3.63, 3.8) is 0 Å². The lowest BCUT2D eigenvalue weighted by Gasteiger charge is -2.22. The molecule has 0 spiro atoms. The fraction of sp³-hybridized carbons (Fsp3) is 0.583. The minimum Gasteiger partial charge on any atom is -0.493 e. The van der Waals surface area contributed by atoms with Crippen LogP contribution < -0.4 is 4.74 Å². The van der Waals surface area contributed by atoms with Crippen molar-refractivity contribution in [2.75, 3.05) is 0 Å². The molecule has 0 saturated carbocycles. The van der Waals surface area contributed by atoms with E-state index in [4.69, 9.17) is 4.74 Å². The molecule has 1 aromatic carbocycles. The monoisotopic (exact) mass is 398 g/mol. The fourth-order valence-corrected chi connectivity index (χ4v) is 1.97. The van der Waals surface area contributed by atoms with Crippen molar-refractivity contribution in [3.05, 3.63) is 54.3 Å². The van der Waals surface area contributed by atoms with Crippen molar-refractivity contribution >= 4 is 0 Å². The zero-order valence-electron chi connectivity index (χ0n) is 19.3. The molecule has 0 aliphatic carbocycles. The molecule has 1 aromatic rings. The van der Waals surface area contributed by atoms with Crippen LogP contribution >= 0.6 is 0 Å². The van der Waals surface area contributed by atoms with Gasteiger partial charge in [0.15, 0.2) is 0 Å². The van der Waals surface area contributed by atoms with Crippen molar-refractivity contribution in [2.24, 2.45) is 5.41 Å². The average Bonchev–Trinajstić information content (AvgIpc) is 2.44. The Morgan fingerprint density at radius 1 is 1.11 bits per heavy atom. The van der Waals surface area contributed by atoms with Gasteiger partial charge in [-0.3, -0.25) is 0 Å². The quantitative estimate of drug-likeness (QED) is 0.356. The van der Waals surface area contributed by atoms with E-state index in [1.54, 1.807) is 18.2 Å². The Labute approximate surface area is 171 Å². The molecule has 0 atom stereocenters. The molecule has 0 aliphatic heterocycles. The maximum atomic E-state index is 11.9. The second-order valence-electron chi connectivity index (χ2n) is 9.03. The molecule has 1 rings (SSSR count). The first-order valence-electron chi connectivity index (χ1n) is 9.61. The van der Waals surface area contributed by atoms with E-state index >= 15 is 0 Å². The summed E-state index contributed by atoms with van der Waals surface area (Å²) in [5, 5.41) is 0. The third kappa shape index (κ3) is 18.9. The van der Waals surface area contributed by atoms with Gasteiger partial charge in [0, 0.05) is 6.42 Å². The summed E-state index contributed by atoms with van der Waals surface area (Å²) in [6.07, 6.45) is 3.22. The van der Waals surface area contributed by atoms with E-state index in [1.807, 2.05) is 40.7 Å². The van der Waals surface area contributed by atoms with Gasteiger partial charge < -0.3 is 9.47 Å². The third-order valence-corrected chi connectivity index (χ3v) is 2.76. The van der Waals surface area contributed by atoms with Gasteiger partial charge in [0.2, 0.25) is 0 Å². The topological polar surface area (TPSA) is 18.5 Å². The molecular formula is C24H40F2O2. The Kier molecular flexibility index (Phi) is 13.5. The number of rotatable bonds is 6. The highest BCUT2D eigenvalue weighted by atomic mass is 19.3. The number of alkyl halides is 2. The maximum absolute atomic E-state index is 11.9. The number of aryl methyl sites for hydroxylation is 1. The van der Waals surface area contributed by atoms with Gasteiger partial charge in [-0.05, 0) is 56.7 Å². The van der Waals surface area contributed by atoms with Gasteiger partial charge in [0.05, 0.1) is 5.76 Å². The molecule has 0 radical (unpaired) electrons. The van der Waals surface area contributed by atoms with E-state index in [1.165, 1.54) is 0 Å². The van der Waals surface area contributed by atoms with Crippen LogP contribution in [-0.2, 0) is 11.2 Å². The summed E-state index contributed by atoms with van der Waals surface area (Å²) in [4.78, 5) is 0. The molecule has 0 aliphatic rings. The number of allylic oxidation sites excluding steroid dienone is 1. The molecule has 2 nitrogen and oxygen atoms in total. The maximum Gasteiger partial charge on any atom is 0.387 e. The molecule has 0 amide bonds. The largest absolute Gasteiger partial charge is 0.493 e. The average molecular weight is 399 g/mol. The standard InChI is InChI=1S/C10H12F2O.C9H16O.C5H12/c1-3-8-7(2)5-4-6-9(8)13-10(11)12;1-6-7-8(2)10-9(3,4)5;1-5(2,3)4/h4-6,10H,3H2,1-2H3;6H,1-2,7H2,3-5H3;1-4H3. The Hall–Kier alpha value is -1.84. The predicted octanol–water partition coefficient (Wildman–Crippen LogP) is 8.10. The molecule has 0 aromatic heterocycles. The Balaban J connectivity index is 0. The SMILES string of the molecule is C=CCC(=C)OC(C)(C)C.CC(C)(C)C.CCc1c(C)cccc1OC(F)F. The van der Waals surface area contributed by atoms with Crippen LogP contribution in [0.4, 0.5) is 8.78 Å².